The van der Waals surface area contributed by atoms with Gasteiger partial charge in [0.25, 0.3) is 0 Å². The molecule has 1 nitrogen and oxygen atoms in total. The van der Waals surface area contributed by atoms with Crippen LogP contribution in [0.1, 0.15) is 11.1 Å². The molecule has 0 radical (unpaired) electrons. The number of halogens is 1. The largest absolute Gasteiger partial charge is 0.185 e. The third-order valence-electron chi connectivity index (χ3n) is 2.13. The maximum atomic E-state index is 4.21. The first-order chi connectivity index (χ1) is 6.66. The second-order valence-corrected chi connectivity index (χ2v) is 4.95. The fraction of sp³-hybridized carbons (Fsp3) is 0.182. The van der Waals surface area contributed by atoms with Crippen molar-refractivity contribution >= 4 is 27.5 Å². The van der Waals surface area contributed by atoms with E-state index in [9.17, 15) is 0 Å². The van der Waals surface area contributed by atoms with Crippen molar-refractivity contribution in [2.75, 3.05) is 0 Å². The van der Waals surface area contributed by atoms with E-state index in [0.29, 0.717) is 0 Å². The van der Waals surface area contributed by atoms with Crippen LogP contribution in [-0.2, 0) is 0 Å². The van der Waals surface area contributed by atoms with Crippen LogP contribution in [0.2, 0.25) is 0 Å². The first-order valence-electron chi connectivity index (χ1n) is 4.36. The van der Waals surface area contributed by atoms with Gasteiger partial charge in [0.2, 0.25) is 0 Å². The molecule has 0 unspecified atom stereocenters. The highest BCUT2D eigenvalue weighted by molar-refractivity contribution is 9.10. The van der Waals surface area contributed by atoms with Gasteiger partial charge in [-0.15, -0.1) is 0 Å². The highest BCUT2D eigenvalue weighted by Gasteiger charge is 2.05. The molecule has 0 spiro atoms. The maximum absolute atomic E-state index is 4.21. The van der Waals surface area contributed by atoms with Crippen LogP contribution in [0.5, 0.6) is 0 Å². The lowest BCUT2D eigenvalue weighted by Crippen LogP contribution is -1.81. The van der Waals surface area contributed by atoms with Crippen LogP contribution < -0.4 is 0 Å². The van der Waals surface area contributed by atoms with Crippen molar-refractivity contribution in [1.82, 2.24) is 4.37 Å². The number of rotatable bonds is 1. The molecule has 0 saturated heterocycles. The van der Waals surface area contributed by atoms with Gasteiger partial charge in [-0.05, 0) is 58.5 Å². The molecule has 3 heteroatoms. The van der Waals surface area contributed by atoms with Gasteiger partial charge < -0.3 is 0 Å². The zero-order valence-electron chi connectivity index (χ0n) is 8.04. The lowest BCUT2D eigenvalue weighted by molar-refractivity contribution is 1.39. The summed E-state index contributed by atoms with van der Waals surface area (Å²) in [5, 5.41) is 0. The summed E-state index contributed by atoms with van der Waals surface area (Å²) in [7, 11) is 0. The van der Waals surface area contributed by atoms with Gasteiger partial charge in [0.15, 0.2) is 0 Å². The third kappa shape index (κ3) is 1.88. The first kappa shape index (κ1) is 9.87. The van der Waals surface area contributed by atoms with E-state index in [1.807, 2.05) is 0 Å². The number of nitrogens with zero attached hydrogens (tertiary/aromatic N) is 1. The zero-order valence-corrected chi connectivity index (χ0v) is 10.4. The normalized spacial score (nSPS) is 10.5. The Labute approximate surface area is 96.1 Å². The van der Waals surface area contributed by atoms with Crippen LogP contribution in [-0.4, -0.2) is 4.37 Å². The number of benzene rings is 1. The molecule has 0 N–H and O–H groups in total. The smallest absolute Gasteiger partial charge is 0.120 e. The molecule has 1 heterocycles. The second kappa shape index (κ2) is 3.83. The Balaban J connectivity index is 2.52. The molecule has 72 valence electrons. The van der Waals surface area contributed by atoms with E-state index in [4.69, 9.17) is 0 Å². The highest BCUT2D eigenvalue weighted by atomic mass is 79.9. The van der Waals surface area contributed by atoms with Crippen LogP contribution in [0.4, 0.5) is 0 Å². The lowest BCUT2D eigenvalue weighted by atomic mass is 10.0. The summed E-state index contributed by atoms with van der Waals surface area (Å²) in [6.07, 6.45) is 0. The topological polar surface area (TPSA) is 12.9 Å². The Morgan fingerprint density at radius 1 is 1.21 bits per heavy atom. The van der Waals surface area contributed by atoms with E-state index in [-0.39, 0.29) is 0 Å². The molecular weight excluding hydrogens is 258 g/mol. The zero-order chi connectivity index (χ0) is 10.1. The molecule has 0 amide bonds. The van der Waals surface area contributed by atoms with E-state index in [1.165, 1.54) is 33.1 Å². The minimum absolute atomic E-state index is 0.914. The molecule has 0 aliphatic heterocycles. The summed E-state index contributed by atoms with van der Waals surface area (Å²) < 4.78 is 5.13. The van der Waals surface area contributed by atoms with Crippen LogP contribution in [0.15, 0.2) is 28.9 Å². The standard InChI is InChI=1S/C11H10BrNS/c1-7-3-4-9(8(2)5-7)10-6-11(12)13-14-10/h3-6H,1-2H3. The monoisotopic (exact) mass is 267 g/mol. The summed E-state index contributed by atoms with van der Waals surface area (Å²) in [6, 6.07) is 8.55. The molecule has 14 heavy (non-hydrogen) atoms. The Hall–Kier alpha value is -0.670. The minimum Gasteiger partial charge on any atom is -0.185 e. The van der Waals surface area contributed by atoms with Gasteiger partial charge in [0.05, 0.1) is 4.88 Å². The van der Waals surface area contributed by atoms with Crippen molar-refractivity contribution in [2.45, 2.75) is 13.8 Å². The van der Waals surface area contributed by atoms with Crippen molar-refractivity contribution in [3.63, 3.8) is 0 Å². The SMILES string of the molecule is Cc1ccc(-c2cc(Br)ns2)c(C)c1. The van der Waals surface area contributed by atoms with E-state index in [2.05, 4.69) is 58.4 Å². The van der Waals surface area contributed by atoms with Gasteiger partial charge in [-0.3, -0.25) is 0 Å². The summed E-state index contributed by atoms with van der Waals surface area (Å²) in [4.78, 5) is 1.22. The van der Waals surface area contributed by atoms with Crippen LogP contribution >= 0.6 is 27.5 Å². The van der Waals surface area contributed by atoms with Crippen LogP contribution in [0.25, 0.3) is 10.4 Å². The maximum Gasteiger partial charge on any atom is 0.120 e. The van der Waals surface area contributed by atoms with E-state index < -0.39 is 0 Å². The Morgan fingerprint density at radius 2 is 2.00 bits per heavy atom. The van der Waals surface area contributed by atoms with Crippen LogP contribution in [0, 0.1) is 13.8 Å². The molecule has 1 aromatic heterocycles. The quantitative estimate of drug-likeness (QED) is 0.755. The fourth-order valence-electron chi connectivity index (χ4n) is 1.47. The molecule has 2 aromatic rings. The van der Waals surface area contributed by atoms with Crippen LogP contribution in [0.3, 0.4) is 0 Å². The summed E-state index contributed by atoms with van der Waals surface area (Å²) in [5.41, 5.74) is 3.88. The Bertz CT molecular complexity index is 462. The fourth-order valence-corrected chi connectivity index (χ4v) is 2.80. The lowest BCUT2D eigenvalue weighted by Gasteiger charge is -2.02. The molecule has 0 atom stereocenters. The van der Waals surface area contributed by atoms with Gasteiger partial charge in [-0.25, -0.2) is 0 Å². The molecule has 0 aliphatic rings. The van der Waals surface area contributed by atoms with Gasteiger partial charge in [0, 0.05) is 0 Å². The van der Waals surface area contributed by atoms with Crippen molar-refractivity contribution < 1.29 is 0 Å². The van der Waals surface area contributed by atoms with Gasteiger partial charge in [-0.1, -0.05) is 23.8 Å². The number of hydrogen-bond acceptors (Lipinski definition) is 2. The first-order valence-corrected chi connectivity index (χ1v) is 5.93. The number of aryl methyl sites for hydroxylation is 2. The molecular formula is C11H10BrNS. The molecule has 0 fully saturated rings. The van der Waals surface area contributed by atoms with E-state index >= 15 is 0 Å². The molecule has 1 aromatic carbocycles. The summed E-state index contributed by atoms with van der Waals surface area (Å²) in [5.74, 6) is 0. The minimum atomic E-state index is 0.914. The molecule has 0 saturated carbocycles. The molecule has 2 rings (SSSR count). The van der Waals surface area contributed by atoms with Gasteiger partial charge in [0.1, 0.15) is 4.60 Å². The number of hydrogen-bond donors (Lipinski definition) is 0. The van der Waals surface area contributed by atoms with Crippen molar-refractivity contribution in [3.8, 4) is 10.4 Å². The molecule has 0 bridgehead atoms. The van der Waals surface area contributed by atoms with E-state index in [0.717, 1.165) is 4.60 Å². The summed E-state index contributed by atoms with van der Waals surface area (Å²) in [6.45, 7) is 4.25. The molecule has 0 aliphatic carbocycles. The second-order valence-electron chi connectivity index (χ2n) is 3.33. The Kier molecular flexibility index (Phi) is 2.70. The van der Waals surface area contributed by atoms with Crippen molar-refractivity contribution in [1.29, 1.82) is 0 Å². The average Bonchev–Trinajstić information content (AvgIpc) is 2.51. The van der Waals surface area contributed by atoms with Gasteiger partial charge in [-0.2, -0.15) is 4.37 Å². The highest BCUT2D eigenvalue weighted by Crippen LogP contribution is 2.29. The van der Waals surface area contributed by atoms with Crippen molar-refractivity contribution in [3.05, 3.63) is 40.0 Å². The third-order valence-corrected chi connectivity index (χ3v) is 3.59. The summed E-state index contributed by atoms with van der Waals surface area (Å²) >= 11 is 4.89. The van der Waals surface area contributed by atoms with Gasteiger partial charge >= 0.3 is 0 Å². The Morgan fingerprint density at radius 3 is 2.57 bits per heavy atom. The number of aromatic nitrogens is 1. The predicted molar refractivity (Wildman–Crippen MR) is 64.7 cm³/mol. The average molecular weight is 268 g/mol. The predicted octanol–water partition coefficient (Wildman–Crippen LogP) is 4.19. The van der Waals surface area contributed by atoms with E-state index in [1.54, 1.807) is 0 Å². The van der Waals surface area contributed by atoms with Crippen molar-refractivity contribution in [2.24, 2.45) is 0 Å².